The molecular formula is C50H68N2O10. The molecule has 18 atom stereocenters. The molecule has 1 aromatic carbocycles. The molecule has 5 aliphatic carbocycles. The Morgan fingerprint density at radius 1 is 0.968 bits per heavy atom. The van der Waals surface area contributed by atoms with Crippen LogP contribution in [0.25, 0.3) is 0 Å². The minimum atomic E-state index is -1.81. The molecule has 338 valence electrons. The van der Waals surface area contributed by atoms with Gasteiger partial charge in [-0.15, -0.1) is 5.92 Å². The molecule has 62 heavy (non-hydrogen) atoms. The molecule has 3 saturated heterocycles. The Labute approximate surface area is 366 Å². The molecule has 6 N–H and O–H groups in total. The lowest BCUT2D eigenvalue weighted by atomic mass is 9.37. The van der Waals surface area contributed by atoms with Crippen LogP contribution in [0.15, 0.2) is 41.5 Å². The first-order valence-electron chi connectivity index (χ1n) is 23.7. The van der Waals surface area contributed by atoms with Crippen LogP contribution in [-0.4, -0.2) is 130 Å². The summed E-state index contributed by atoms with van der Waals surface area (Å²) in [7, 11) is 1.68. The summed E-state index contributed by atoms with van der Waals surface area (Å²) in [6.45, 7) is 7.26. The highest BCUT2D eigenvalue weighted by Gasteiger charge is 2.78. The lowest BCUT2D eigenvalue weighted by Gasteiger charge is -2.67. The number of nitrogens with one attached hydrogen (secondary N) is 1. The number of allylic oxidation sites excluding steroid dienone is 1. The van der Waals surface area contributed by atoms with Crippen molar-refractivity contribution < 1.29 is 49.3 Å². The molecule has 0 radical (unpaired) electrons. The number of benzene rings is 1. The highest BCUT2D eigenvalue weighted by atomic mass is 16.5. The van der Waals surface area contributed by atoms with Crippen molar-refractivity contribution in [1.82, 2.24) is 10.2 Å². The number of ketones is 1. The minimum absolute atomic E-state index is 0.0645. The van der Waals surface area contributed by atoms with Crippen LogP contribution in [0.3, 0.4) is 0 Å². The maximum absolute atomic E-state index is 15.1. The van der Waals surface area contributed by atoms with Gasteiger partial charge in [-0.2, -0.15) is 0 Å². The van der Waals surface area contributed by atoms with Gasteiger partial charge in [-0.05, 0) is 117 Å². The van der Waals surface area contributed by atoms with E-state index >= 15 is 4.79 Å². The van der Waals surface area contributed by atoms with Crippen molar-refractivity contribution in [3.63, 3.8) is 0 Å². The van der Waals surface area contributed by atoms with Gasteiger partial charge in [0.25, 0.3) is 0 Å². The largest absolute Gasteiger partial charge is 0.396 e. The maximum Gasteiger partial charge on any atom is 0.240 e. The van der Waals surface area contributed by atoms with E-state index in [0.29, 0.717) is 89.5 Å². The van der Waals surface area contributed by atoms with Crippen LogP contribution in [0.2, 0.25) is 0 Å². The Bertz CT molecular complexity index is 2030. The summed E-state index contributed by atoms with van der Waals surface area (Å²) in [5, 5.41) is 65.8. The van der Waals surface area contributed by atoms with Gasteiger partial charge in [0.2, 0.25) is 5.91 Å². The Morgan fingerprint density at radius 2 is 1.76 bits per heavy atom. The van der Waals surface area contributed by atoms with Crippen LogP contribution in [0.4, 0.5) is 0 Å². The summed E-state index contributed by atoms with van der Waals surface area (Å²) in [6.07, 6.45) is 2.46. The molecule has 0 aromatic heterocycles. The zero-order chi connectivity index (χ0) is 43.6. The first-order chi connectivity index (χ1) is 29.7. The van der Waals surface area contributed by atoms with Gasteiger partial charge in [-0.3, -0.25) is 14.9 Å². The minimum Gasteiger partial charge on any atom is -0.396 e. The molecule has 9 aliphatic rings. The van der Waals surface area contributed by atoms with Gasteiger partial charge in [0.15, 0.2) is 5.78 Å². The SMILES string of the molecule is COCCCO[C@H]1CC[C@@]2(C)[C@@H](C1)C(=O)C1=C3[C@@]24C#CC[C@H]2CN2C(=O)[C@H]2N[C@@H](O)[C@@H]5O[C@@H]([C@H](CO)[C@H]5[C@@H]2CCc2ccccc2)[C@@H](O)[C@@](C)(O)[C@H]2C[C@H](CC1)[C@]3(O)[C@]2(C)CC4. The number of aliphatic hydroxyl groups is 5. The number of hydrogen-bond acceptors (Lipinski definition) is 11. The molecule has 0 unspecified atom stereocenters. The summed E-state index contributed by atoms with van der Waals surface area (Å²) in [4.78, 5) is 31.6. The summed E-state index contributed by atoms with van der Waals surface area (Å²) in [6, 6.07) is 9.17. The van der Waals surface area contributed by atoms with Gasteiger partial charge in [-0.25, -0.2) is 0 Å². The summed E-state index contributed by atoms with van der Waals surface area (Å²) >= 11 is 0. The van der Waals surface area contributed by atoms with Gasteiger partial charge >= 0.3 is 0 Å². The third-order valence-corrected chi connectivity index (χ3v) is 18.8. The normalized spacial score (nSPS) is 48.9. The molecule has 1 amide bonds. The van der Waals surface area contributed by atoms with E-state index < -0.39 is 75.8 Å². The van der Waals surface area contributed by atoms with Gasteiger partial charge in [-0.1, -0.05) is 50.1 Å². The molecule has 4 aliphatic heterocycles. The van der Waals surface area contributed by atoms with E-state index in [1.54, 1.807) is 14.0 Å². The van der Waals surface area contributed by atoms with Gasteiger partial charge in [0.1, 0.15) is 18.4 Å². The number of piperidine rings is 1. The third kappa shape index (κ3) is 6.05. The number of ether oxygens (including phenoxy) is 3. The van der Waals surface area contributed by atoms with Crippen molar-refractivity contribution in [3.8, 4) is 11.8 Å². The Kier molecular flexibility index (Phi) is 10.8. The summed E-state index contributed by atoms with van der Waals surface area (Å²) < 4.78 is 18.3. The second kappa shape index (κ2) is 15.5. The maximum atomic E-state index is 15.1. The van der Waals surface area contributed by atoms with E-state index in [2.05, 4.69) is 43.1 Å². The number of fused-ring (bicyclic) bond motifs is 4. The average molecular weight is 857 g/mol. The molecule has 0 spiro atoms. The van der Waals surface area contributed by atoms with Gasteiger partial charge in [0, 0.05) is 63.1 Å². The summed E-state index contributed by atoms with van der Waals surface area (Å²) in [5.74, 6) is 4.69. The van der Waals surface area contributed by atoms with Gasteiger partial charge < -0.3 is 44.6 Å². The fraction of sp³-hybridized carbons (Fsp3) is 0.760. The predicted molar refractivity (Wildman–Crippen MR) is 228 cm³/mol. The first kappa shape index (κ1) is 43.2. The third-order valence-electron chi connectivity index (χ3n) is 18.8. The number of aryl methyl sites for hydroxylation is 1. The monoisotopic (exact) mass is 856 g/mol. The Hall–Kier alpha value is -2.70. The quantitative estimate of drug-likeness (QED) is 0.122. The smallest absolute Gasteiger partial charge is 0.240 e. The van der Waals surface area contributed by atoms with Crippen LogP contribution in [0.5, 0.6) is 0 Å². The molecule has 4 heterocycles. The number of aliphatic hydroxyl groups excluding tert-OH is 3. The lowest BCUT2D eigenvalue weighted by molar-refractivity contribution is -0.209. The zero-order valence-corrected chi connectivity index (χ0v) is 36.9. The Balaban J connectivity index is 1.08. The average Bonchev–Trinajstić information content (AvgIpc) is 3.85. The van der Waals surface area contributed by atoms with Gasteiger partial charge in [0.05, 0.1) is 40.9 Å². The van der Waals surface area contributed by atoms with Crippen LogP contribution in [0.1, 0.15) is 97.0 Å². The topological polar surface area (TPSA) is 178 Å². The number of methoxy groups -OCH3 is 1. The molecule has 12 nitrogen and oxygen atoms in total. The van der Waals surface area contributed by atoms with Crippen molar-refractivity contribution >= 4 is 11.7 Å². The van der Waals surface area contributed by atoms with Crippen molar-refractivity contribution in [2.24, 2.45) is 51.8 Å². The molecule has 7 bridgehead atoms. The van der Waals surface area contributed by atoms with Crippen molar-refractivity contribution in [3.05, 3.63) is 47.0 Å². The number of carbonyl (C=O) groups excluding carboxylic acids is 2. The van der Waals surface area contributed by atoms with Crippen LogP contribution in [-0.2, 0) is 30.2 Å². The number of amides is 1. The molecule has 6 fully saturated rings. The molecular weight excluding hydrogens is 789 g/mol. The van der Waals surface area contributed by atoms with E-state index in [4.69, 9.17) is 14.2 Å². The number of hydrogen-bond donors (Lipinski definition) is 6. The van der Waals surface area contributed by atoms with Crippen molar-refractivity contribution in [2.45, 2.75) is 152 Å². The molecule has 1 aromatic rings. The second-order valence-corrected chi connectivity index (χ2v) is 21.5. The number of carbonyl (C=O) groups is 2. The predicted octanol–water partition coefficient (Wildman–Crippen LogP) is 3.30. The van der Waals surface area contributed by atoms with Crippen LogP contribution in [0, 0.1) is 63.6 Å². The van der Waals surface area contributed by atoms with Crippen molar-refractivity contribution in [1.29, 1.82) is 0 Å². The Morgan fingerprint density at radius 3 is 2.52 bits per heavy atom. The molecule has 12 heteroatoms. The molecule has 10 rings (SSSR count). The standard InChI is InChI=1S/C50H68N2O10/c1-46-19-17-31(61-23-9-22-60-4)25-35(46)39(54)33-16-14-29-24-36-47(2)20-21-49(46,42(33)50(29,47)59)18-8-12-30-26-52(30)45(57)38-32(15-13-28-10-6-5-7-11-28)37-34(27-53)40(43(55)48(36,3)58)62-41(37)44(56)51-38/h5-7,10-11,29-32,34-38,40-41,43-44,51,53,55-56,58-59H,9,12-17,19-27H2,1-4H3/t29-,30-,31-,32-,34+,35-,36-,37+,38-,40-,41+,43+,44-,46-,47+,48-,49-,50+,52?/m0/s1. The zero-order valence-electron chi connectivity index (χ0n) is 36.9. The van der Waals surface area contributed by atoms with E-state index in [0.717, 1.165) is 24.0 Å². The van der Waals surface area contributed by atoms with Crippen molar-refractivity contribution in [2.75, 3.05) is 33.5 Å². The van der Waals surface area contributed by atoms with E-state index in [-0.39, 0.29) is 48.2 Å². The highest BCUT2D eigenvalue weighted by Crippen LogP contribution is 2.77. The summed E-state index contributed by atoms with van der Waals surface area (Å²) in [5.41, 5.74) is -3.05. The van der Waals surface area contributed by atoms with E-state index in [9.17, 15) is 30.3 Å². The number of Topliss-reactive ketones (excluding diaryl/α,β-unsaturated/α-hetero) is 1. The van der Waals surface area contributed by atoms with Crippen LogP contribution >= 0.6 is 0 Å². The second-order valence-electron chi connectivity index (χ2n) is 21.5. The highest BCUT2D eigenvalue weighted by molar-refractivity contribution is 6.01. The molecule has 3 saturated carbocycles. The number of rotatable bonds is 9. The van der Waals surface area contributed by atoms with E-state index in [1.165, 1.54) is 0 Å². The fourth-order valence-electron chi connectivity index (χ4n) is 15.5. The van der Waals surface area contributed by atoms with Crippen LogP contribution < -0.4 is 5.32 Å². The fourth-order valence-corrected chi connectivity index (χ4v) is 15.5. The first-order valence-corrected chi connectivity index (χ1v) is 23.7. The number of nitrogens with zero attached hydrogens (tertiary/aromatic N) is 1. The van der Waals surface area contributed by atoms with E-state index in [1.807, 2.05) is 23.1 Å². The lowest BCUT2D eigenvalue weighted by Crippen LogP contribution is -2.69.